The number of hydrogen-bond donors (Lipinski definition) is 3. The fourth-order valence-electron chi connectivity index (χ4n) is 3.11. The third-order valence-electron chi connectivity index (χ3n) is 4.61. The Kier molecular flexibility index (Phi) is 4.94. The highest BCUT2D eigenvalue weighted by molar-refractivity contribution is 5.84. The second-order valence-electron chi connectivity index (χ2n) is 6.65. The standard InChI is InChI=1S/C20H19F3N4O3/c1-28-14-4-2-3-13(10-14)26-18-15(19(21,22)23)11-25-20(24,27-18)12-5-6-16-17(9-12)30-8-7-29-16/h2-6,9-11,26-27H,7-8,24H2,1H3. The summed E-state index contributed by atoms with van der Waals surface area (Å²) in [7, 11) is 1.47. The van der Waals surface area contributed by atoms with Crippen LogP contribution in [0.5, 0.6) is 17.2 Å². The number of nitrogens with zero attached hydrogens (tertiary/aromatic N) is 1. The molecule has 0 radical (unpaired) electrons. The minimum absolute atomic E-state index is 0.330. The molecule has 4 rings (SSSR count). The molecule has 10 heteroatoms. The maximum absolute atomic E-state index is 13.6. The van der Waals surface area contributed by atoms with Crippen LogP contribution in [-0.4, -0.2) is 32.7 Å². The van der Waals surface area contributed by atoms with Crippen molar-refractivity contribution in [2.24, 2.45) is 10.7 Å². The number of ether oxygens (including phenoxy) is 3. The molecule has 0 aromatic heterocycles. The van der Waals surface area contributed by atoms with E-state index in [1.165, 1.54) is 7.11 Å². The first-order chi connectivity index (χ1) is 14.3. The maximum atomic E-state index is 13.6. The topological polar surface area (TPSA) is 90.1 Å². The predicted octanol–water partition coefficient (Wildman–Crippen LogP) is 3.10. The molecule has 158 valence electrons. The number of nitrogens with two attached hydrogens (primary N) is 1. The number of alkyl halides is 3. The smallest absolute Gasteiger partial charge is 0.421 e. The van der Waals surface area contributed by atoms with Crippen molar-refractivity contribution in [1.29, 1.82) is 0 Å². The van der Waals surface area contributed by atoms with E-state index in [2.05, 4.69) is 15.6 Å². The van der Waals surface area contributed by atoms with Gasteiger partial charge in [0.1, 0.15) is 30.4 Å². The van der Waals surface area contributed by atoms with Gasteiger partial charge in [0.25, 0.3) is 0 Å². The summed E-state index contributed by atoms with van der Waals surface area (Å²) >= 11 is 0. The molecule has 0 saturated heterocycles. The molecule has 2 aliphatic heterocycles. The summed E-state index contributed by atoms with van der Waals surface area (Å²) in [5.41, 5.74) is 6.16. The number of allylic oxidation sites excluding steroid dienone is 1. The van der Waals surface area contributed by atoms with Gasteiger partial charge in [0.05, 0.1) is 7.11 Å². The van der Waals surface area contributed by atoms with E-state index >= 15 is 0 Å². The van der Waals surface area contributed by atoms with Gasteiger partial charge >= 0.3 is 6.18 Å². The maximum Gasteiger partial charge on any atom is 0.421 e. The number of hydrogen-bond acceptors (Lipinski definition) is 7. The molecule has 0 spiro atoms. The number of rotatable bonds is 4. The molecule has 0 saturated carbocycles. The molecule has 2 aromatic carbocycles. The summed E-state index contributed by atoms with van der Waals surface area (Å²) in [5.74, 6) is -0.498. The average molecular weight is 420 g/mol. The zero-order valence-corrected chi connectivity index (χ0v) is 15.9. The highest BCUT2D eigenvalue weighted by Crippen LogP contribution is 2.36. The number of methoxy groups -OCH3 is 1. The number of fused-ring (bicyclic) bond motifs is 1. The van der Waals surface area contributed by atoms with E-state index < -0.39 is 17.5 Å². The van der Waals surface area contributed by atoms with Gasteiger partial charge in [-0.15, -0.1) is 0 Å². The summed E-state index contributed by atoms with van der Waals surface area (Å²) < 4.78 is 56.9. The lowest BCUT2D eigenvalue weighted by atomic mass is 10.0. The molecule has 0 amide bonds. The number of nitrogens with one attached hydrogen (secondary N) is 2. The Morgan fingerprint density at radius 2 is 1.90 bits per heavy atom. The van der Waals surface area contributed by atoms with Crippen LogP contribution in [0, 0.1) is 0 Å². The van der Waals surface area contributed by atoms with Gasteiger partial charge in [-0.3, -0.25) is 5.73 Å². The molecule has 2 aliphatic rings. The number of halogens is 3. The van der Waals surface area contributed by atoms with Crippen molar-refractivity contribution in [1.82, 2.24) is 5.32 Å². The second kappa shape index (κ2) is 7.45. The molecule has 1 atom stereocenters. The van der Waals surface area contributed by atoms with Crippen LogP contribution in [0.1, 0.15) is 5.56 Å². The van der Waals surface area contributed by atoms with Crippen LogP contribution in [0.3, 0.4) is 0 Å². The monoisotopic (exact) mass is 420 g/mol. The lowest BCUT2D eigenvalue weighted by molar-refractivity contribution is -0.0871. The average Bonchev–Trinajstić information content (AvgIpc) is 2.72. The first kappa shape index (κ1) is 19.9. The van der Waals surface area contributed by atoms with Crippen molar-refractivity contribution in [3.8, 4) is 17.2 Å². The molecule has 1 unspecified atom stereocenters. The van der Waals surface area contributed by atoms with Crippen LogP contribution in [0.15, 0.2) is 58.9 Å². The van der Waals surface area contributed by atoms with E-state index in [0.717, 1.165) is 6.21 Å². The van der Waals surface area contributed by atoms with Crippen molar-refractivity contribution in [2.45, 2.75) is 12.0 Å². The zero-order chi connectivity index (χ0) is 21.4. The fourth-order valence-corrected chi connectivity index (χ4v) is 3.11. The van der Waals surface area contributed by atoms with Crippen LogP contribution in [0.4, 0.5) is 18.9 Å². The quantitative estimate of drug-likeness (QED) is 0.704. The molecule has 0 aliphatic carbocycles. The van der Waals surface area contributed by atoms with Crippen molar-refractivity contribution >= 4 is 11.9 Å². The second-order valence-corrected chi connectivity index (χ2v) is 6.65. The molecular formula is C20H19F3N4O3. The Hall–Kier alpha value is -3.40. The van der Waals surface area contributed by atoms with Gasteiger partial charge in [-0.1, -0.05) is 6.07 Å². The number of aliphatic imine (C=N–C) groups is 1. The van der Waals surface area contributed by atoms with Gasteiger partial charge in [-0.25, -0.2) is 4.99 Å². The van der Waals surface area contributed by atoms with E-state index in [1.807, 2.05) is 0 Å². The van der Waals surface area contributed by atoms with Crippen molar-refractivity contribution in [2.75, 3.05) is 25.6 Å². The molecular weight excluding hydrogens is 401 g/mol. The van der Waals surface area contributed by atoms with Crippen LogP contribution in [-0.2, 0) is 5.79 Å². The Bertz CT molecular complexity index is 1020. The number of anilines is 1. The van der Waals surface area contributed by atoms with E-state index in [0.29, 0.717) is 41.7 Å². The summed E-state index contributed by atoms with van der Waals surface area (Å²) in [6.45, 7) is 0.786. The Morgan fingerprint density at radius 1 is 1.13 bits per heavy atom. The number of benzene rings is 2. The van der Waals surface area contributed by atoms with E-state index in [1.54, 1.807) is 42.5 Å². The molecule has 0 fully saturated rings. The Morgan fingerprint density at radius 3 is 2.63 bits per heavy atom. The van der Waals surface area contributed by atoms with E-state index in [-0.39, 0.29) is 5.82 Å². The van der Waals surface area contributed by atoms with Gasteiger partial charge in [0.15, 0.2) is 11.5 Å². The minimum Gasteiger partial charge on any atom is -0.497 e. The molecule has 4 N–H and O–H groups in total. The van der Waals surface area contributed by atoms with Gasteiger partial charge in [-0.05, 0) is 30.3 Å². The summed E-state index contributed by atoms with van der Waals surface area (Å²) in [6, 6.07) is 11.4. The Balaban J connectivity index is 1.69. The molecule has 7 nitrogen and oxygen atoms in total. The highest BCUT2D eigenvalue weighted by Gasteiger charge is 2.41. The van der Waals surface area contributed by atoms with Crippen molar-refractivity contribution < 1.29 is 27.4 Å². The summed E-state index contributed by atoms with van der Waals surface area (Å²) in [5, 5.41) is 5.43. The van der Waals surface area contributed by atoms with Crippen LogP contribution < -0.4 is 30.6 Å². The largest absolute Gasteiger partial charge is 0.497 e. The van der Waals surface area contributed by atoms with Gasteiger partial charge in [0, 0.05) is 23.5 Å². The minimum atomic E-state index is -4.65. The third-order valence-corrected chi connectivity index (χ3v) is 4.61. The lowest BCUT2D eigenvalue weighted by Crippen LogP contribution is -2.53. The van der Waals surface area contributed by atoms with E-state index in [4.69, 9.17) is 19.9 Å². The van der Waals surface area contributed by atoms with E-state index in [9.17, 15) is 13.2 Å². The van der Waals surface area contributed by atoms with Crippen LogP contribution in [0.2, 0.25) is 0 Å². The van der Waals surface area contributed by atoms with Crippen LogP contribution in [0.25, 0.3) is 0 Å². The Labute approximate surface area is 170 Å². The first-order valence-electron chi connectivity index (χ1n) is 9.03. The zero-order valence-electron chi connectivity index (χ0n) is 15.9. The first-order valence-corrected chi connectivity index (χ1v) is 9.03. The predicted molar refractivity (Wildman–Crippen MR) is 105 cm³/mol. The normalized spacial score (nSPS) is 20.6. The summed E-state index contributed by atoms with van der Waals surface area (Å²) in [6.07, 6.45) is -3.93. The molecule has 30 heavy (non-hydrogen) atoms. The van der Waals surface area contributed by atoms with Gasteiger partial charge in [0.2, 0.25) is 5.79 Å². The summed E-state index contributed by atoms with van der Waals surface area (Å²) in [4.78, 5) is 3.96. The van der Waals surface area contributed by atoms with Crippen molar-refractivity contribution in [3.05, 3.63) is 59.4 Å². The highest BCUT2D eigenvalue weighted by atomic mass is 19.4. The molecule has 0 bridgehead atoms. The molecule has 2 heterocycles. The SMILES string of the molecule is COc1cccc(NC2=C(C(F)(F)F)C=NC(N)(c3ccc4c(c3)OCCO4)N2)c1. The fraction of sp³-hybridized carbons (Fsp3) is 0.250. The molecule has 2 aromatic rings. The van der Waals surface area contributed by atoms with Crippen molar-refractivity contribution in [3.63, 3.8) is 0 Å². The van der Waals surface area contributed by atoms with Gasteiger partial charge in [-0.2, -0.15) is 13.2 Å². The van der Waals surface area contributed by atoms with Gasteiger partial charge < -0.3 is 24.8 Å². The third kappa shape index (κ3) is 3.86. The van der Waals surface area contributed by atoms with Crippen LogP contribution >= 0.6 is 0 Å². The lowest BCUT2D eigenvalue weighted by Gasteiger charge is -2.34.